The number of ketones is 1. The van der Waals surface area contributed by atoms with Crippen LogP contribution in [-0.2, 0) is 16.6 Å². The van der Waals surface area contributed by atoms with Crippen molar-refractivity contribution in [1.29, 1.82) is 0 Å². The summed E-state index contributed by atoms with van der Waals surface area (Å²) in [5.74, 6) is 2.52. The Morgan fingerprint density at radius 3 is 3.09 bits per heavy atom. The van der Waals surface area contributed by atoms with Crippen molar-refractivity contribution in [2.45, 2.75) is 43.2 Å². The first-order chi connectivity index (χ1) is 10.7. The van der Waals surface area contributed by atoms with Crippen LogP contribution >= 0.6 is 0 Å². The Morgan fingerprint density at radius 1 is 1.41 bits per heavy atom. The summed E-state index contributed by atoms with van der Waals surface area (Å²) in [6, 6.07) is 4.84. The molecule has 1 aromatic carbocycles. The molecule has 2 aliphatic carbocycles. The molecule has 0 radical (unpaired) electrons. The fraction of sp³-hybridized carbons (Fsp3) is 0.611. The van der Waals surface area contributed by atoms with E-state index in [0.717, 1.165) is 37.3 Å². The zero-order chi connectivity index (χ0) is 15.1. The van der Waals surface area contributed by atoms with E-state index in [4.69, 9.17) is 9.47 Å². The molecule has 2 heterocycles. The standard InChI is InChI=1S/C18H21NO3/c1-19-8-7-18-11-4-5-13(20)17(18)22-16-14(21-2)6-3-10(15(16)18)9-12(11)19/h3,6,11-12,17H,4-5,7-9H2,1-2H3/p+1/t11-,12+,17-,18-/m0/s1. The molecule has 0 aromatic heterocycles. The molecule has 2 bridgehead atoms. The lowest BCUT2D eigenvalue weighted by Crippen LogP contribution is -3.16. The average Bonchev–Trinajstić information content (AvgIpc) is 2.88. The molecule has 1 saturated carbocycles. The maximum Gasteiger partial charge on any atom is 0.174 e. The van der Waals surface area contributed by atoms with Crippen molar-refractivity contribution < 1.29 is 19.2 Å². The van der Waals surface area contributed by atoms with E-state index in [0.29, 0.717) is 24.2 Å². The first-order valence-electron chi connectivity index (χ1n) is 8.39. The van der Waals surface area contributed by atoms with E-state index in [2.05, 4.69) is 13.1 Å². The SMILES string of the molecule is COc1ccc2c3c1O[C@H]1C(=O)CC[C@H]4[C@@H](C2)[NH+](C)CC[C@]314. The van der Waals surface area contributed by atoms with E-state index < -0.39 is 0 Å². The Balaban J connectivity index is 1.81. The van der Waals surface area contributed by atoms with Crippen molar-refractivity contribution in [2.24, 2.45) is 5.92 Å². The fourth-order valence-electron chi connectivity index (χ4n) is 5.82. The van der Waals surface area contributed by atoms with Gasteiger partial charge >= 0.3 is 0 Å². The monoisotopic (exact) mass is 300 g/mol. The topological polar surface area (TPSA) is 40.0 Å². The van der Waals surface area contributed by atoms with Crippen LogP contribution in [0.1, 0.15) is 30.4 Å². The van der Waals surface area contributed by atoms with Gasteiger partial charge in [-0.3, -0.25) is 4.79 Å². The predicted octanol–water partition coefficient (Wildman–Crippen LogP) is 0.516. The Bertz CT molecular complexity index is 685. The number of hydrogen-bond acceptors (Lipinski definition) is 3. The number of benzene rings is 1. The summed E-state index contributed by atoms with van der Waals surface area (Å²) in [6.45, 7) is 1.13. The van der Waals surface area contributed by atoms with Gasteiger partial charge in [0.15, 0.2) is 23.4 Å². The highest BCUT2D eigenvalue weighted by Gasteiger charge is 2.67. The Hall–Kier alpha value is -1.55. The number of carbonyl (C=O) groups is 1. The van der Waals surface area contributed by atoms with Crippen LogP contribution in [0.5, 0.6) is 11.5 Å². The zero-order valence-corrected chi connectivity index (χ0v) is 13.1. The molecule has 2 aliphatic heterocycles. The van der Waals surface area contributed by atoms with Gasteiger partial charge < -0.3 is 14.4 Å². The van der Waals surface area contributed by atoms with Crippen LogP contribution in [0.2, 0.25) is 0 Å². The number of quaternary nitrogens is 1. The number of piperidine rings is 1. The summed E-state index contributed by atoms with van der Waals surface area (Å²) in [7, 11) is 4.00. The molecule has 4 nitrogen and oxygen atoms in total. The third-order valence-corrected chi connectivity index (χ3v) is 6.74. The van der Waals surface area contributed by atoms with E-state index in [-0.39, 0.29) is 11.5 Å². The van der Waals surface area contributed by atoms with Crippen molar-refractivity contribution in [3.8, 4) is 11.5 Å². The maximum atomic E-state index is 12.6. The number of ether oxygens (including phenoxy) is 2. The van der Waals surface area contributed by atoms with Gasteiger partial charge in [0.05, 0.1) is 32.2 Å². The highest BCUT2D eigenvalue weighted by atomic mass is 16.5. The van der Waals surface area contributed by atoms with Crippen LogP contribution in [0.4, 0.5) is 0 Å². The Kier molecular flexibility index (Phi) is 2.38. The maximum absolute atomic E-state index is 12.6. The summed E-state index contributed by atoms with van der Waals surface area (Å²) in [4.78, 5) is 14.3. The van der Waals surface area contributed by atoms with Crippen molar-refractivity contribution >= 4 is 5.78 Å². The lowest BCUT2D eigenvalue weighted by atomic mass is 9.52. The quantitative estimate of drug-likeness (QED) is 0.822. The minimum absolute atomic E-state index is 0.0725. The highest BCUT2D eigenvalue weighted by Crippen LogP contribution is 2.61. The number of likely N-dealkylation sites (tertiary alicyclic amines) is 1. The predicted molar refractivity (Wildman–Crippen MR) is 80.7 cm³/mol. The number of rotatable bonds is 1. The molecule has 22 heavy (non-hydrogen) atoms. The zero-order valence-electron chi connectivity index (χ0n) is 13.1. The number of carbonyl (C=O) groups excluding carboxylic acids is 1. The second-order valence-electron chi connectivity index (χ2n) is 7.44. The van der Waals surface area contributed by atoms with E-state index in [1.807, 2.05) is 6.07 Å². The lowest BCUT2D eigenvalue weighted by molar-refractivity contribution is -0.919. The van der Waals surface area contributed by atoms with E-state index >= 15 is 0 Å². The van der Waals surface area contributed by atoms with Gasteiger partial charge in [0.1, 0.15) is 0 Å². The van der Waals surface area contributed by atoms with Crippen molar-refractivity contribution in [3.63, 3.8) is 0 Å². The molecule has 4 aliphatic rings. The molecule has 4 heteroatoms. The molecule has 2 fully saturated rings. The van der Waals surface area contributed by atoms with Crippen molar-refractivity contribution in [1.82, 2.24) is 0 Å². The molecule has 1 unspecified atom stereocenters. The largest absolute Gasteiger partial charge is 0.493 e. The molecule has 1 saturated heterocycles. The van der Waals surface area contributed by atoms with Crippen LogP contribution in [0.3, 0.4) is 0 Å². The molecule has 0 amide bonds. The third-order valence-electron chi connectivity index (χ3n) is 6.74. The minimum Gasteiger partial charge on any atom is -0.493 e. The van der Waals surface area contributed by atoms with Gasteiger partial charge in [-0.1, -0.05) is 6.07 Å². The van der Waals surface area contributed by atoms with Crippen molar-refractivity contribution in [2.75, 3.05) is 20.7 Å². The van der Waals surface area contributed by atoms with Crippen molar-refractivity contribution in [3.05, 3.63) is 23.3 Å². The summed E-state index contributed by atoms with van der Waals surface area (Å²) in [6.07, 6.45) is 3.59. The summed E-state index contributed by atoms with van der Waals surface area (Å²) >= 11 is 0. The molecule has 1 spiro atoms. The summed E-state index contributed by atoms with van der Waals surface area (Å²) in [5, 5.41) is 0. The summed E-state index contributed by atoms with van der Waals surface area (Å²) < 4.78 is 11.8. The van der Waals surface area contributed by atoms with Crippen LogP contribution < -0.4 is 14.4 Å². The Morgan fingerprint density at radius 2 is 2.27 bits per heavy atom. The van der Waals surface area contributed by atoms with Crippen LogP contribution in [-0.4, -0.2) is 38.6 Å². The number of methoxy groups -OCH3 is 1. The van der Waals surface area contributed by atoms with Gasteiger partial charge in [-0.25, -0.2) is 0 Å². The molecule has 5 rings (SSSR count). The Labute approximate surface area is 130 Å². The van der Waals surface area contributed by atoms with Crippen LogP contribution in [0.25, 0.3) is 0 Å². The van der Waals surface area contributed by atoms with E-state index in [1.165, 1.54) is 11.1 Å². The second kappa shape index (κ2) is 4.05. The second-order valence-corrected chi connectivity index (χ2v) is 7.44. The molecular formula is C18H22NO3+. The number of likely N-dealkylation sites (N-methyl/N-ethyl adjacent to an activating group) is 1. The average molecular weight is 300 g/mol. The highest BCUT2D eigenvalue weighted by molar-refractivity contribution is 5.89. The van der Waals surface area contributed by atoms with Gasteiger partial charge in [0.2, 0.25) is 0 Å². The third kappa shape index (κ3) is 1.27. The molecule has 116 valence electrons. The molecule has 1 aromatic rings. The smallest absolute Gasteiger partial charge is 0.174 e. The number of nitrogens with one attached hydrogen (secondary N) is 1. The normalized spacial score (nSPS) is 40.9. The number of Topliss-reactive ketones (excluding diaryl/α,β-unsaturated/α-hetero) is 1. The first-order valence-corrected chi connectivity index (χ1v) is 8.39. The van der Waals surface area contributed by atoms with Crippen LogP contribution in [0.15, 0.2) is 12.1 Å². The van der Waals surface area contributed by atoms with Gasteiger partial charge in [0, 0.05) is 30.7 Å². The fourth-order valence-corrected chi connectivity index (χ4v) is 5.82. The number of hydrogen-bond donors (Lipinski definition) is 1. The summed E-state index contributed by atoms with van der Waals surface area (Å²) in [5.41, 5.74) is 2.63. The van der Waals surface area contributed by atoms with Crippen LogP contribution in [0, 0.1) is 5.92 Å². The van der Waals surface area contributed by atoms with Gasteiger partial charge in [0.25, 0.3) is 0 Å². The molecule has 1 N–H and O–H groups in total. The first kappa shape index (κ1) is 12.9. The molecular weight excluding hydrogens is 278 g/mol. The van der Waals surface area contributed by atoms with Gasteiger partial charge in [-0.15, -0.1) is 0 Å². The van der Waals surface area contributed by atoms with Gasteiger partial charge in [-0.2, -0.15) is 0 Å². The van der Waals surface area contributed by atoms with E-state index in [1.54, 1.807) is 12.0 Å². The van der Waals surface area contributed by atoms with E-state index in [9.17, 15) is 4.79 Å². The molecule has 5 atom stereocenters. The van der Waals surface area contributed by atoms with Gasteiger partial charge in [-0.05, 0) is 18.1 Å². The lowest BCUT2D eigenvalue weighted by Gasteiger charge is -2.54. The minimum atomic E-state index is -0.271.